The lowest BCUT2D eigenvalue weighted by Gasteiger charge is -2.13. The van der Waals surface area contributed by atoms with Gasteiger partial charge < -0.3 is 20.5 Å². The van der Waals surface area contributed by atoms with Crippen LogP contribution in [0.15, 0.2) is 12.1 Å². The molecule has 0 aliphatic carbocycles. The van der Waals surface area contributed by atoms with Gasteiger partial charge in [-0.1, -0.05) is 0 Å². The molecule has 1 amide bonds. The Morgan fingerprint density at radius 1 is 1.31 bits per heavy atom. The summed E-state index contributed by atoms with van der Waals surface area (Å²) in [7, 11) is 3.11. The van der Waals surface area contributed by atoms with Crippen LogP contribution in [0.1, 0.15) is 5.56 Å². The average Bonchev–Trinajstić information content (AvgIpc) is 2.30. The molecule has 0 aliphatic rings. The number of nitrogens with one attached hydrogen (secondary N) is 1. The van der Waals surface area contributed by atoms with E-state index in [9.17, 15) is 4.79 Å². The van der Waals surface area contributed by atoms with Gasteiger partial charge in [0.25, 0.3) is 0 Å². The fraction of sp³-hybridized carbons (Fsp3) is 0.364. The highest BCUT2D eigenvalue weighted by Crippen LogP contribution is 2.32. The second kappa shape index (κ2) is 5.37. The largest absolute Gasteiger partial charge is 0.496 e. The van der Waals surface area contributed by atoms with Crippen molar-refractivity contribution >= 4 is 11.6 Å². The molecule has 0 heterocycles. The van der Waals surface area contributed by atoms with Crippen LogP contribution >= 0.6 is 0 Å². The molecule has 0 radical (unpaired) electrons. The lowest BCUT2D eigenvalue weighted by atomic mass is 10.2. The third-order valence-corrected chi connectivity index (χ3v) is 2.18. The Morgan fingerprint density at radius 2 is 1.94 bits per heavy atom. The first-order chi connectivity index (χ1) is 7.62. The molecule has 5 nitrogen and oxygen atoms in total. The molecule has 0 saturated carbocycles. The third kappa shape index (κ3) is 2.64. The molecule has 1 aromatic carbocycles. The fourth-order valence-corrected chi connectivity index (χ4v) is 1.35. The van der Waals surface area contributed by atoms with Gasteiger partial charge in [0.1, 0.15) is 11.5 Å². The molecular weight excluding hydrogens is 208 g/mol. The lowest BCUT2D eigenvalue weighted by molar-refractivity contribution is -0.114. The topological polar surface area (TPSA) is 73.6 Å². The summed E-state index contributed by atoms with van der Waals surface area (Å²) in [4.78, 5) is 11.2. The van der Waals surface area contributed by atoms with Crippen molar-refractivity contribution in [2.45, 2.75) is 6.92 Å². The van der Waals surface area contributed by atoms with Crippen molar-refractivity contribution in [2.24, 2.45) is 5.73 Å². The predicted octanol–water partition coefficient (Wildman–Crippen LogP) is 0.909. The quantitative estimate of drug-likeness (QED) is 0.797. The van der Waals surface area contributed by atoms with Gasteiger partial charge >= 0.3 is 0 Å². The molecule has 0 aromatic heterocycles. The van der Waals surface area contributed by atoms with Crippen LogP contribution in [-0.4, -0.2) is 26.7 Å². The number of anilines is 1. The molecule has 0 fully saturated rings. The van der Waals surface area contributed by atoms with E-state index in [1.807, 2.05) is 6.92 Å². The molecule has 16 heavy (non-hydrogen) atoms. The molecule has 0 saturated heterocycles. The number of benzene rings is 1. The van der Waals surface area contributed by atoms with Crippen molar-refractivity contribution in [2.75, 3.05) is 26.1 Å². The van der Waals surface area contributed by atoms with E-state index in [4.69, 9.17) is 15.2 Å². The second-order valence-corrected chi connectivity index (χ2v) is 3.27. The summed E-state index contributed by atoms with van der Waals surface area (Å²) < 4.78 is 10.3. The van der Waals surface area contributed by atoms with E-state index in [1.54, 1.807) is 26.4 Å². The number of ether oxygens (including phenoxy) is 2. The van der Waals surface area contributed by atoms with Gasteiger partial charge in [-0.3, -0.25) is 4.79 Å². The van der Waals surface area contributed by atoms with E-state index >= 15 is 0 Å². The Labute approximate surface area is 94.5 Å². The number of hydrogen-bond acceptors (Lipinski definition) is 4. The number of rotatable bonds is 4. The molecule has 1 rings (SSSR count). The summed E-state index contributed by atoms with van der Waals surface area (Å²) in [5.74, 6) is 0.998. The smallest absolute Gasteiger partial charge is 0.238 e. The zero-order chi connectivity index (χ0) is 12.1. The molecule has 0 atom stereocenters. The Hall–Kier alpha value is -1.75. The summed E-state index contributed by atoms with van der Waals surface area (Å²) in [6.07, 6.45) is 0. The van der Waals surface area contributed by atoms with E-state index < -0.39 is 0 Å². The van der Waals surface area contributed by atoms with Crippen LogP contribution in [0, 0.1) is 6.92 Å². The van der Waals surface area contributed by atoms with Gasteiger partial charge in [-0.2, -0.15) is 0 Å². The third-order valence-electron chi connectivity index (χ3n) is 2.18. The zero-order valence-electron chi connectivity index (χ0n) is 9.66. The maximum Gasteiger partial charge on any atom is 0.238 e. The number of amides is 1. The molecule has 0 spiro atoms. The summed E-state index contributed by atoms with van der Waals surface area (Å²) in [6, 6.07) is 3.51. The molecule has 88 valence electrons. The minimum atomic E-state index is -0.274. The van der Waals surface area contributed by atoms with Crippen molar-refractivity contribution < 1.29 is 14.3 Å². The standard InChI is InChI=1S/C11H16N2O3/c1-7-4-10(16-3)8(5-9(7)15-2)13-11(14)6-12/h4-5H,6,12H2,1-3H3,(H,13,14). The number of hydrogen-bond donors (Lipinski definition) is 2. The zero-order valence-corrected chi connectivity index (χ0v) is 9.66. The molecule has 0 bridgehead atoms. The number of methoxy groups -OCH3 is 2. The summed E-state index contributed by atoms with van der Waals surface area (Å²) in [6.45, 7) is 1.83. The minimum Gasteiger partial charge on any atom is -0.496 e. The van der Waals surface area contributed by atoms with Crippen LogP contribution in [0.4, 0.5) is 5.69 Å². The van der Waals surface area contributed by atoms with Gasteiger partial charge in [-0.15, -0.1) is 0 Å². The van der Waals surface area contributed by atoms with Gasteiger partial charge in [0.2, 0.25) is 5.91 Å². The lowest BCUT2D eigenvalue weighted by Crippen LogP contribution is -2.22. The molecule has 0 aliphatic heterocycles. The predicted molar refractivity (Wildman–Crippen MR) is 62.0 cm³/mol. The van der Waals surface area contributed by atoms with E-state index in [-0.39, 0.29) is 12.5 Å². The molecule has 3 N–H and O–H groups in total. The first-order valence-corrected chi connectivity index (χ1v) is 4.85. The minimum absolute atomic E-state index is 0.0701. The Kier molecular flexibility index (Phi) is 4.13. The van der Waals surface area contributed by atoms with E-state index in [0.29, 0.717) is 17.2 Å². The molecule has 0 unspecified atom stereocenters. The number of carbonyl (C=O) groups excluding carboxylic acids is 1. The van der Waals surface area contributed by atoms with E-state index in [2.05, 4.69) is 5.32 Å². The molecule has 5 heteroatoms. The summed E-state index contributed by atoms with van der Waals surface area (Å²) in [5.41, 5.74) is 6.72. The van der Waals surface area contributed by atoms with Gasteiger partial charge in [-0.25, -0.2) is 0 Å². The van der Waals surface area contributed by atoms with Gasteiger partial charge in [-0.05, 0) is 18.6 Å². The highest BCUT2D eigenvalue weighted by Gasteiger charge is 2.10. The van der Waals surface area contributed by atoms with Crippen molar-refractivity contribution in [1.29, 1.82) is 0 Å². The van der Waals surface area contributed by atoms with Crippen molar-refractivity contribution in [3.8, 4) is 11.5 Å². The van der Waals surface area contributed by atoms with Crippen LogP contribution < -0.4 is 20.5 Å². The van der Waals surface area contributed by atoms with Crippen molar-refractivity contribution in [3.05, 3.63) is 17.7 Å². The molecule has 1 aromatic rings. The maximum atomic E-state index is 11.2. The maximum absolute atomic E-state index is 11.2. The van der Waals surface area contributed by atoms with Crippen molar-refractivity contribution in [1.82, 2.24) is 0 Å². The SMILES string of the molecule is COc1cc(NC(=O)CN)c(OC)cc1C. The van der Waals surface area contributed by atoms with Crippen LogP contribution in [0.5, 0.6) is 11.5 Å². The van der Waals surface area contributed by atoms with Gasteiger partial charge in [0, 0.05) is 6.07 Å². The number of carbonyl (C=O) groups is 1. The Morgan fingerprint density at radius 3 is 2.44 bits per heavy atom. The normalized spacial score (nSPS) is 9.75. The van der Waals surface area contributed by atoms with E-state index in [1.165, 1.54) is 0 Å². The van der Waals surface area contributed by atoms with Gasteiger partial charge in [0.15, 0.2) is 0 Å². The van der Waals surface area contributed by atoms with Crippen LogP contribution in [0.3, 0.4) is 0 Å². The number of aryl methyl sites for hydroxylation is 1. The Balaban J connectivity index is 3.09. The highest BCUT2D eigenvalue weighted by molar-refractivity contribution is 5.93. The molecular formula is C11H16N2O3. The van der Waals surface area contributed by atoms with Crippen LogP contribution in [0.2, 0.25) is 0 Å². The van der Waals surface area contributed by atoms with E-state index in [0.717, 1.165) is 5.56 Å². The number of nitrogens with two attached hydrogens (primary N) is 1. The van der Waals surface area contributed by atoms with Crippen LogP contribution in [0.25, 0.3) is 0 Å². The summed E-state index contributed by atoms with van der Waals surface area (Å²) >= 11 is 0. The first-order valence-electron chi connectivity index (χ1n) is 4.85. The van der Waals surface area contributed by atoms with Crippen LogP contribution in [-0.2, 0) is 4.79 Å². The average molecular weight is 224 g/mol. The summed E-state index contributed by atoms with van der Waals surface area (Å²) in [5, 5.41) is 2.64. The van der Waals surface area contributed by atoms with Crippen molar-refractivity contribution in [3.63, 3.8) is 0 Å². The monoisotopic (exact) mass is 224 g/mol. The highest BCUT2D eigenvalue weighted by atomic mass is 16.5. The second-order valence-electron chi connectivity index (χ2n) is 3.27. The first kappa shape index (κ1) is 12.3. The fourth-order valence-electron chi connectivity index (χ4n) is 1.35. The Bertz CT molecular complexity index is 391. The van der Waals surface area contributed by atoms with Gasteiger partial charge in [0.05, 0.1) is 26.5 Å².